The fraction of sp³-hybridized carbons (Fsp3) is 0.176. The predicted octanol–water partition coefficient (Wildman–Crippen LogP) is 3.80. The van der Waals surface area contributed by atoms with E-state index in [-0.39, 0.29) is 5.90 Å². The van der Waals surface area contributed by atoms with E-state index < -0.39 is 5.97 Å². The van der Waals surface area contributed by atoms with Gasteiger partial charge in [-0.1, -0.05) is 12.1 Å². The Bertz CT molecular complexity index is 774. The Kier molecular flexibility index (Phi) is 4.06. The molecule has 0 saturated carbocycles. The van der Waals surface area contributed by atoms with Crippen LogP contribution in [-0.2, 0) is 9.53 Å². The van der Waals surface area contributed by atoms with Gasteiger partial charge in [-0.25, -0.2) is 9.79 Å². The van der Waals surface area contributed by atoms with Crippen LogP contribution in [-0.4, -0.2) is 18.5 Å². The van der Waals surface area contributed by atoms with Crippen LogP contribution in [0, 0.1) is 6.92 Å². The van der Waals surface area contributed by atoms with Crippen molar-refractivity contribution in [2.75, 3.05) is 6.61 Å². The first-order valence-electron chi connectivity index (χ1n) is 6.98. The Morgan fingerprint density at radius 3 is 2.82 bits per heavy atom. The molecule has 0 spiro atoms. The van der Waals surface area contributed by atoms with Crippen molar-refractivity contribution in [1.29, 1.82) is 0 Å². The number of aliphatic imine (C=N–C) groups is 1. The second-order valence-corrected chi connectivity index (χ2v) is 6.03. The second kappa shape index (κ2) is 6.15. The minimum Gasteiger partial charge on any atom is -0.493 e. The van der Waals surface area contributed by atoms with Crippen LogP contribution in [0.4, 0.5) is 0 Å². The molecule has 4 nitrogen and oxygen atoms in total. The molecule has 5 heteroatoms. The molecule has 2 aromatic rings. The summed E-state index contributed by atoms with van der Waals surface area (Å²) in [5, 5.41) is 0. The van der Waals surface area contributed by atoms with Gasteiger partial charge in [0.05, 0.1) is 12.2 Å². The molecule has 22 heavy (non-hydrogen) atoms. The van der Waals surface area contributed by atoms with Crippen LogP contribution >= 0.6 is 11.3 Å². The van der Waals surface area contributed by atoms with Gasteiger partial charge in [0.15, 0.2) is 5.70 Å². The van der Waals surface area contributed by atoms with Crippen LogP contribution < -0.4 is 4.74 Å². The first kappa shape index (κ1) is 14.5. The molecule has 0 radical (unpaired) electrons. The first-order valence-corrected chi connectivity index (χ1v) is 7.80. The van der Waals surface area contributed by atoms with Gasteiger partial charge in [0.1, 0.15) is 5.75 Å². The van der Waals surface area contributed by atoms with Gasteiger partial charge >= 0.3 is 5.97 Å². The van der Waals surface area contributed by atoms with Gasteiger partial charge in [-0.05, 0) is 44.2 Å². The van der Waals surface area contributed by atoms with E-state index in [1.807, 2.05) is 50.2 Å². The lowest BCUT2D eigenvalue weighted by atomic mass is 10.2. The molecule has 1 aromatic heterocycles. The lowest BCUT2D eigenvalue weighted by Gasteiger charge is -2.08. The smallest absolute Gasteiger partial charge is 0.363 e. The Balaban J connectivity index is 1.95. The summed E-state index contributed by atoms with van der Waals surface area (Å²) in [6, 6.07) is 11.4. The van der Waals surface area contributed by atoms with Crippen LogP contribution in [0.2, 0.25) is 0 Å². The average molecular weight is 313 g/mol. The third-order valence-corrected chi connectivity index (χ3v) is 4.03. The van der Waals surface area contributed by atoms with E-state index in [9.17, 15) is 4.79 Å². The number of carbonyl (C=O) groups is 1. The topological polar surface area (TPSA) is 47.9 Å². The van der Waals surface area contributed by atoms with Gasteiger partial charge in [0.25, 0.3) is 0 Å². The maximum atomic E-state index is 12.0. The molecule has 0 amide bonds. The zero-order valence-corrected chi connectivity index (χ0v) is 13.1. The van der Waals surface area contributed by atoms with Crippen LogP contribution in [0.25, 0.3) is 6.08 Å². The largest absolute Gasteiger partial charge is 0.493 e. The van der Waals surface area contributed by atoms with Crippen molar-refractivity contribution in [3.8, 4) is 5.75 Å². The zero-order chi connectivity index (χ0) is 15.5. The summed E-state index contributed by atoms with van der Waals surface area (Å²) in [6.45, 7) is 4.46. The maximum Gasteiger partial charge on any atom is 0.363 e. The number of benzene rings is 1. The number of hydrogen-bond donors (Lipinski definition) is 0. The standard InChI is InChI=1S/C17H15NO3S/c1-3-20-15-7-5-4-6-13(15)16-18-14(17(19)21-16)10-12-9-8-11(2)22-12/h4-10H,3H2,1-2H3/b14-10-. The molecule has 0 aliphatic carbocycles. The van der Waals surface area contributed by atoms with Crippen LogP contribution in [0.3, 0.4) is 0 Å². The number of carbonyl (C=O) groups excluding carboxylic acids is 1. The van der Waals surface area contributed by atoms with Crippen molar-refractivity contribution in [3.05, 3.63) is 57.4 Å². The van der Waals surface area contributed by atoms with Crippen molar-refractivity contribution in [2.24, 2.45) is 4.99 Å². The summed E-state index contributed by atoms with van der Waals surface area (Å²) in [7, 11) is 0. The Morgan fingerprint density at radius 2 is 2.09 bits per heavy atom. The number of ether oxygens (including phenoxy) is 2. The highest BCUT2D eigenvalue weighted by Crippen LogP contribution is 2.26. The van der Waals surface area contributed by atoms with E-state index >= 15 is 0 Å². The molecule has 112 valence electrons. The Hall–Kier alpha value is -2.40. The number of hydrogen-bond acceptors (Lipinski definition) is 5. The number of esters is 1. The number of rotatable bonds is 4. The highest BCUT2D eigenvalue weighted by Gasteiger charge is 2.26. The molecule has 0 unspecified atom stereocenters. The Labute approximate surface area is 132 Å². The normalized spacial score (nSPS) is 15.8. The van der Waals surface area contributed by atoms with Gasteiger partial charge < -0.3 is 9.47 Å². The van der Waals surface area contributed by atoms with E-state index in [4.69, 9.17) is 9.47 Å². The molecule has 0 saturated heterocycles. The van der Waals surface area contributed by atoms with Gasteiger partial charge in [0.2, 0.25) is 5.90 Å². The lowest BCUT2D eigenvalue weighted by Crippen LogP contribution is -2.07. The summed E-state index contributed by atoms with van der Waals surface area (Å²) in [6.07, 6.45) is 1.75. The number of aryl methyl sites for hydroxylation is 1. The monoisotopic (exact) mass is 313 g/mol. The fourth-order valence-electron chi connectivity index (χ4n) is 2.11. The van der Waals surface area contributed by atoms with E-state index in [0.29, 0.717) is 23.6 Å². The molecule has 0 bridgehead atoms. The molecule has 2 heterocycles. The van der Waals surface area contributed by atoms with Gasteiger partial charge in [0, 0.05) is 9.75 Å². The molecule has 0 atom stereocenters. The van der Waals surface area contributed by atoms with Gasteiger partial charge in [-0.3, -0.25) is 0 Å². The second-order valence-electron chi connectivity index (χ2n) is 4.71. The number of cyclic esters (lactones) is 1. The molecule has 3 rings (SSSR count). The molecule has 0 fully saturated rings. The van der Waals surface area contributed by atoms with Crippen LogP contribution in [0.1, 0.15) is 22.2 Å². The predicted molar refractivity (Wildman–Crippen MR) is 87.3 cm³/mol. The highest BCUT2D eigenvalue weighted by atomic mass is 32.1. The van der Waals surface area contributed by atoms with Crippen molar-refractivity contribution < 1.29 is 14.3 Å². The van der Waals surface area contributed by atoms with Crippen molar-refractivity contribution >= 4 is 29.3 Å². The minimum absolute atomic E-state index is 0.286. The third-order valence-electron chi connectivity index (χ3n) is 3.08. The van der Waals surface area contributed by atoms with Crippen molar-refractivity contribution in [1.82, 2.24) is 0 Å². The summed E-state index contributed by atoms with van der Waals surface area (Å²) < 4.78 is 10.8. The van der Waals surface area contributed by atoms with Crippen LogP contribution in [0.5, 0.6) is 5.75 Å². The molecular formula is C17H15NO3S. The summed E-state index contributed by atoms with van der Waals surface area (Å²) in [5.74, 6) is 0.505. The van der Waals surface area contributed by atoms with Crippen molar-refractivity contribution in [2.45, 2.75) is 13.8 Å². The Morgan fingerprint density at radius 1 is 1.27 bits per heavy atom. The molecule has 1 aromatic carbocycles. The van der Waals surface area contributed by atoms with E-state index in [2.05, 4.69) is 4.99 Å². The molecule has 1 aliphatic heterocycles. The van der Waals surface area contributed by atoms with E-state index in [1.165, 1.54) is 4.88 Å². The summed E-state index contributed by atoms with van der Waals surface area (Å²) in [4.78, 5) is 18.5. The van der Waals surface area contributed by atoms with E-state index in [0.717, 1.165) is 4.88 Å². The minimum atomic E-state index is -0.438. The number of para-hydroxylation sites is 1. The number of thiophene rings is 1. The summed E-state index contributed by atoms with van der Waals surface area (Å²) >= 11 is 1.61. The lowest BCUT2D eigenvalue weighted by molar-refractivity contribution is -0.129. The third kappa shape index (κ3) is 2.94. The SMILES string of the molecule is CCOc1ccccc1C1=N/C(=C\c2ccc(C)s2)C(=O)O1. The molecule has 0 N–H and O–H groups in total. The highest BCUT2D eigenvalue weighted by molar-refractivity contribution is 7.12. The van der Waals surface area contributed by atoms with Gasteiger partial charge in [-0.15, -0.1) is 11.3 Å². The quantitative estimate of drug-likeness (QED) is 0.637. The zero-order valence-electron chi connectivity index (χ0n) is 12.3. The molecule has 1 aliphatic rings. The van der Waals surface area contributed by atoms with Crippen LogP contribution in [0.15, 0.2) is 47.1 Å². The van der Waals surface area contributed by atoms with Crippen molar-refractivity contribution in [3.63, 3.8) is 0 Å². The first-order chi connectivity index (χ1) is 10.7. The van der Waals surface area contributed by atoms with Gasteiger partial charge in [-0.2, -0.15) is 0 Å². The maximum absolute atomic E-state index is 12.0. The number of nitrogens with zero attached hydrogens (tertiary/aromatic N) is 1. The fourth-order valence-corrected chi connectivity index (χ4v) is 2.93. The summed E-state index contributed by atoms with van der Waals surface area (Å²) in [5.41, 5.74) is 0.992. The molecular weight excluding hydrogens is 298 g/mol. The average Bonchev–Trinajstić information content (AvgIpc) is 3.07. The van der Waals surface area contributed by atoms with E-state index in [1.54, 1.807) is 17.4 Å².